The smallest absolute Gasteiger partial charge is 0.228 e. The van der Waals surface area contributed by atoms with E-state index in [1.807, 2.05) is 0 Å². The quantitative estimate of drug-likeness (QED) is 0.550. The number of nitrogens with zero attached hydrogens (tertiary/aromatic N) is 1. The van der Waals surface area contributed by atoms with E-state index in [4.69, 9.17) is 27.7 Å². The van der Waals surface area contributed by atoms with Gasteiger partial charge in [0.2, 0.25) is 11.7 Å². The first kappa shape index (κ1) is 20.3. The molecule has 0 fully saturated rings. The summed E-state index contributed by atoms with van der Waals surface area (Å²) in [5.41, 5.74) is 1.04. The predicted octanol–water partition coefficient (Wildman–Crippen LogP) is 4.49. The largest absolute Gasteiger partial charge is 0.588 e. The lowest BCUT2D eigenvalue weighted by molar-refractivity contribution is -0.115. The monoisotopic (exact) mass is 439 g/mol. The third-order valence-electron chi connectivity index (χ3n) is 3.70. The molecule has 0 radical (unpaired) electrons. The molecule has 2 aromatic carbocycles. The summed E-state index contributed by atoms with van der Waals surface area (Å²) >= 11 is 12.0. The first-order valence-electron chi connectivity index (χ1n) is 8.03. The maximum Gasteiger partial charge on any atom is 0.228 e. The highest BCUT2D eigenvalue weighted by atomic mass is 35.5. The number of hydrogen-bond donors (Lipinski definition) is 2. The Hall–Kier alpha value is -2.39. The van der Waals surface area contributed by atoms with Crippen molar-refractivity contribution in [1.82, 2.24) is 5.16 Å². The fourth-order valence-electron chi connectivity index (χ4n) is 2.39. The molecule has 10 heteroatoms. The molecule has 0 saturated heterocycles. The number of nitrogens with one attached hydrogen (secondary N) is 2. The molecular weight excluding hydrogens is 425 g/mol. The van der Waals surface area contributed by atoms with Crippen LogP contribution in [-0.4, -0.2) is 15.6 Å². The van der Waals surface area contributed by atoms with Gasteiger partial charge >= 0.3 is 0 Å². The highest BCUT2D eigenvalue weighted by Crippen LogP contribution is 2.26. The molecule has 3 aromatic rings. The van der Waals surface area contributed by atoms with Gasteiger partial charge in [-0.1, -0.05) is 44.7 Å². The van der Waals surface area contributed by atoms with Crippen LogP contribution in [0.1, 0.15) is 11.3 Å². The number of amides is 1. The summed E-state index contributed by atoms with van der Waals surface area (Å²) in [7, 11) is -3.82. The lowest BCUT2D eigenvalue weighted by Gasteiger charge is -2.14. The van der Waals surface area contributed by atoms with Crippen molar-refractivity contribution in [2.45, 2.75) is 18.2 Å². The van der Waals surface area contributed by atoms with E-state index in [1.165, 1.54) is 30.3 Å². The molecule has 0 saturated carbocycles. The maximum atomic E-state index is 12.3. The van der Waals surface area contributed by atoms with Crippen LogP contribution in [0.4, 0.5) is 11.5 Å². The SMILES string of the molecule is Cc1cc(N[S+](=O)([O-])c2ccc(NC(=O)Cc3cccc(Cl)c3Cl)cc2)no1. The minimum Gasteiger partial charge on any atom is -0.588 e. The Morgan fingerprint density at radius 1 is 1.21 bits per heavy atom. The van der Waals surface area contributed by atoms with Gasteiger partial charge in [0.05, 0.1) is 16.5 Å². The molecule has 1 amide bonds. The van der Waals surface area contributed by atoms with Crippen molar-refractivity contribution in [2.24, 2.45) is 0 Å². The summed E-state index contributed by atoms with van der Waals surface area (Å²) < 4.78 is 31.8. The highest BCUT2D eigenvalue weighted by molar-refractivity contribution is 7.98. The first-order chi connectivity index (χ1) is 13.2. The predicted molar refractivity (Wildman–Crippen MR) is 107 cm³/mol. The summed E-state index contributed by atoms with van der Waals surface area (Å²) in [5, 5.41) is 6.98. The summed E-state index contributed by atoms with van der Waals surface area (Å²) in [4.78, 5) is 12.2. The number of hydrogen-bond acceptors (Lipinski definition) is 5. The van der Waals surface area contributed by atoms with Crippen molar-refractivity contribution < 1.29 is 18.1 Å². The molecule has 1 atom stereocenters. The molecule has 2 N–H and O–H groups in total. The van der Waals surface area contributed by atoms with E-state index in [-0.39, 0.29) is 23.0 Å². The van der Waals surface area contributed by atoms with Crippen LogP contribution in [0.5, 0.6) is 0 Å². The molecule has 1 aromatic heterocycles. The van der Waals surface area contributed by atoms with Crippen LogP contribution in [0, 0.1) is 6.92 Å². The normalized spacial score (nSPS) is 13.0. The van der Waals surface area contributed by atoms with E-state index in [1.54, 1.807) is 25.1 Å². The van der Waals surface area contributed by atoms with Crippen LogP contribution in [0.3, 0.4) is 0 Å². The van der Waals surface area contributed by atoms with Crippen LogP contribution in [0.2, 0.25) is 10.0 Å². The third kappa shape index (κ3) is 4.90. The number of aromatic nitrogens is 1. The van der Waals surface area contributed by atoms with Gasteiger partial charge in [0.15, 0.2) is 15.3 Å². The zero-order valence-corrected chi connectivity index (χ0v) is 16.9. The molecule has 0 aliphatic carbocycles. The summed E-state index contributed by atoms with van der Waals surface area (Å²) in [6, 6.07) is 12.2. The molecule has 0 bridgehead atoms. The Labute approximate surface area is 172 Å². The zero-order chi connectivity index (χ0) is 20.3. The maximum absolute atomic E-state index is 12.3. The Morgan fingerprint density at radius 3 is 2.57 bits per heavy atom. The Balaban J connectivity index is 1.66. The molecule has 1 heterocycles. The minimum absolute atomic E-state index is 0.0176. The van der Waals surface area contributed by atoms with Crippen LogP contribution in [-0.2, 0) is 25.8 Å². The van der Waals surface area contributed by atoms with Gasteiger partial charge in [-0.15, -0.1) is 0 Å². The van der Waals surface area contributed by atoms with Gasteiger partial charge in [-0.2, -0.15) is 4.72 Å². The Bertz CT molecular complexity index is 1050. The second-order valence-corrected chi connectivity index (χ2v) is 8.36. The molecule has 0 aliphatic rings. The van der Waals surface area contributed by atoms with Crippen molar-refractivity contribution in [3.05, 3.63) is 69.9 Å². The molecule has 1 unspecified atom stereocenters. The molecular formula is C18H15Cl2N3O4S. The van der Waals surface area contributed by atoms with Crippen molar-refractivity contribution in [2.75, 3.05) is 10.0 Å². The average Bonchev–Trinajstić information content (AvgIpc) is 3.03. The topological polar surface area (TPSA) is 107 Å². The molecule has 7 nitrogen and oxygen atoms in total. The standard InChI is InChI=1S/C18H15Cl2N3O4S/c1-11-9-16(22-27-11)23-28(25,26)14-7-5-13(6-8-14)21-17(24)10-12-3-2-4-15(19)18(12)20/h2-9H,10H2,1H3,(H2-,21,22,23,24,25,26). The number of halogens is 2. The second-order valence-electron chi connectivity index (χ2n) is 5.89. The van der Waals surface area contributed by atoms with Crippen molar-refractivity contribution >= 4 is 51.0 Å². The van der Waals surface area contributed by atoms with E-state index < -0.39 is 10.4 Å². The second kappa shape index (κ2) is 8.32. The van der Waals surface area contributed by atoms with Gasteiger partial charge in [-0.3, -0.25) is 4.79 Å². The minimum atomic E-state index is -3.82. The van der Waals surface area contributed by atoms with Crippen LogP contribution < -0.4 is 10.0 Å². The van der Waals surface area contributed by atoms with Crippen molar-refractivity contribution in [3.8, 4) is 0 Å². The van der Waals surface area contributed by atoms with Gasteiger partial charge < -0.3 is 14.4 Å². The van der Waals surface area contributed by atoms with E-state index in [0.29, 0.717) is 27.1 Å². The molecule has 0 aliphatic heterocycles. The summed E-state index contributed by atoms with van der Waals surface area (Å²) in [6.07, 6.45) is 0.0342. The van der Waals surface area contributed by atoms with Gasteiger partial charge in [-0.25, -0.2) is 0 Å². The number of anilines is 2. The average molecular weight is 440 g/mol. The van der Waals surface area contributed by atoms with Crippen LogP contribution >= 0.6 is 23.2 Å². The van der Waals surface area contributed by atoms with E-state index >= 15 is 0 Å². The van der Waals surface area contributed by atoms with E-state index in [2.05, 4.69) is 15.2 Å². The van der Waals surface area contributed by atoms with Crippen LogP contribution in [0.25, 0.3) is 0 Å². The number of rotatable bonds is 6. The van der Waals surface area contributed by atoms with E-state index in [9.17, 15) is 13.6 Å². The number of benzene rings is 2. The Kier molecular flexibility index (Phi) is 6.04. The van der Waals surface area contributed by atoms with Gasteiger partial charge in [0.1, 0.15) is 5.76 Å². The molecule has 28 heavy (non-hydrogen) atoms. The van der Waals surface area contributed by atoms with E-state index in [0.717, 1.165) is 0 Å². The fourth-order valence-corrected chi connectivity index (χ4v) is 3.76. The Morgan fingerprint density at radius 2 is 1.93 bits per heavy atom. The number of sulfonamides is 1. The lowest BCUT2D eigenvalue weighted by atomic mass is 10.1. The first-order valence-corrected chi connectivity index (χ1v) is 10.3. The lowest BCUT2D eigenvalue weighted by Crippen LogP contribution is -2.21. The third-order valence-corrected chi connectivity index (χ3v) is 5.93. The van der Waals surface area contributed by atoms with Crippen molar-refractivity contribution in [3.63, 3.8) is 0 Å². The van der Waals surface area contributed by atoms with Gasteiger partial charge in [-0.05, 0) is 42.8 Å². The summed E-state index contributed by atoms with van der Waals surface area (Å²) in [6.45, 7) is 1.65. The summed E-state index contributed by atoms with van der Waals surface area (Å²) in [5.74, 6) is 0.264. The van der Waals surface area contributed by atoms with Gasteiger partial charge in [0.25, 0.3) is 0 Å². The van der Waals surface area contributed by atoms with Crippen LogP contribution in [0.15, 0.2) is 57.9 Å². The molecule has 3 rings (SSSR count). The zero-order valence-electron chi connectivity index (χ0n) is 14.6. The number of carbonyl (C=O) groups is 1. The van der Waals surface area contributed by atoms with Gasteiger partial charge in [0, 0.05) is 11.8 Å². The highest BCUT2D eigenvalue weighted by Gasteiger charge is 2.22. The number of carbonyl (C=O) groups excluding carboxylic acids is 1. The molecule has 146 valence electrons. The fraction of sp³-hybridized carbons (Fsp3) is 0.111. The van der Waals surface area contributed by atoms with Crippen molar-refractivity contribution in [1.29, 1.82) is 0 Å². The number of aryl methyl sites for hydroxylation is 1. The molecule has 0 spiro atoms.